The topological polar surface area (TPSA) is 80.7 Å². The van der Waals surface area contributed by atoms with Crippen LogP contribution in [0.15, 0.2) is 54.7 Å². The molecule has 0 fully saturated rings. The van der Waals surface area contributed by atoms with E-state index in [4.69, 9.17) is 5.26 Å². The lowest BCUT2D eigenvalue weighted by atomic mass is 10.1. The summed E-state index contributed by atoms with van der Waals surface area (Å²) >= 11 is 0. The second-order valence-corrected chi connectivity index (χ2v) is 5.83. The fourth-order valence-electron chi connectivity index (χ4n) is 2.78. The van der Waals surface area contributed by atoms with Gasteiger partial charge in [-0.1, -0.05) is 24.3 Å². The van der Waals surface area contributed by atoms with Crippen LogP contribution in [0.3, 0.4) is 0 Å². The summed E-state index contributed by atoms with van der Waals surface area (Å²) in [5.41, 5.74) is 3.79. The lowest BCUT2D eigenvalue weighted by Crippen LogP contribution is -2.27. The lowest BCUT2D eigenvalue weighted by Gasteiger charge is -2.07. The van der Waals surface area contributed by atoms with E-state index in [1.807, 2.05) is 36.5 Å². The molecule has 0 bridgehead atoms. The molecule has 0 spiro atoms. The quantitative estimate of drug-likeness (QED) is 0.621. The molecule has 126 valence electrons. The zero-order valence-electron chi connectivity index (χ0n) is 13.9. The number of hydrogen-bond acceptors (Lipinski definition) is 3. The van der Waals surface area contributed by atoms with E-state index >= 15 is 0 Å². The highest BCUT2D eigenvalue weighted by atomic mass is 16.1. The van der Waals surface area contributed by atoms with Gasteiger partial charge in [0.15, 0.2) is 0 Å². The van der Waals surface area contributed by atoms with Crippen molar-refractivity contribution < 1.29 is 4.79 Å². The van der Waals surface area contributed by atoms with Crippen LogP contribution in [0.1, 0.15) is 17.5 Å². The van der Waals surface area contributed by atoms with Gasteiger partial charge in [-0.05, 0) is 36.2 Å². The Hall–Kier alpha value is -3.26. The number of anilines is 1. The van der Waals surface area contributed by atoms with Crippen molar-refractivity contribution in [2.45, 2.75) is 12.8 Å². The Morgan fingerprint density at radius 3 is 2.88 bits per heavy atom. The number of benzene rings is 2. The minimum absolute atomic E-state index is 0.0174. The van der Waals surface area contributed by atoms with Crippen molar-refractivity contribution in [1.29, 1.82) is 5.26 Å². The van der Waals surface area contributed by atoms with Crippen molar-refractivity contribution in [3.05, 3.63) is 65.9 Å². The summed E-state index contributed by atoms with van der Waals surface area (Å²) in [7, 11) is 0. The van der Waals surface area contributed by atoms with Crippen LogP contribution in [0.5, 0.6) is 0 Å². The molecule has 1 amide bonds. The molecule has 5 heteroatoms. The molecule has 3 rings (SSSR count). The van der Waals surface area contributed by atoms with Crippen LogP contribution in [0.4, 0.5) is 5.69 Å². The van der Waals surface area contributed by atoms with E-state index < -0.39 is 0 Å². The number of para-hydroxylation sites is 1. The van der Waals surface area contributed by atoms with Gasteiger partial charge >= 0.3 is 0 Å². The highest BCUT2D eigenvalue weighted by Gasteiger charge is 2.05. The molecule has 0 atom stereocenters. The number of amides is 1. The highest BCUT2D eigenvalue weighted by Crippen LogP contribution is 2.17. The summed E-state index contributed by atoms with van der Waals surface area (Å²) in [5, 5.41) is 16.2. The largest absolute Gasteiger partial charge is 0.384 e. The van der Waals surface area contributed by atoms with E-state index in [0.29, 0.717) is 25.1 Å². The summed E-state index contributed by atoms with van der Waals surface area (Å²) < 4.78 is 0. The Morgan fingerprint density at radius 2 is 2.00 bits per heavy atom. The summed E-state index contributed by atoms with van der Waals surface area (Å²) in [5.74, 6) is 0.0174. The summed E-state index contributed by atoms with van der Waals surface area (Å²) in [6.45, 7) is 1.15. The standard InChI is InChI=1S/C20H20N4O/c21-13-15-4-3-5-17(12-15)22-11-9-20(25)23-10-8-16-14-24-19-7-2-1-6-18(16)19/h1-7,12,14,22,24H,8-11H2,(H,23,25). The number of carbonyl (C=O) groups excluding carboxylic acids is 1. The third-order valence-electron chi connectivity index (χ3n) is 4.06. The Morgan fingerprint density at radius 1 is 1.12 bits per heavy atom. The van der Waals surface area contributed by atoms with E-state index in [0.717, 1.165) is 17.6 Å². The SMILES string of the molecule is N#Cc1cccc(NCCC(=O)NCCc2c[nH]c3ccccc23)c1. The van der Waals surface area contributed by atoms with Gasteiger partial charge in [-0.2, -0.15) is 5.26 Å². The first-order chi connectivity index (χ1) is 12.3. The molecule has 5 nitrogen and oxygen atoms in total. The third kappa shape index (κ3) is 4.39. The van der Waals surface area contributed by atoms with Gasteiger partial charge in [-0.15, -0.1) is 0 Å². The van der Waals surface area contributed by atoms with Crippen LogP contribution < -0.4 is 10.6 Å². The average Bonchev–Trinajstić information content (AvgIpc) is 3.05. The predicted molar refractivity (Wildman–Crippen MR) is 99.3 cm³/mol. The molecule has 1 aromatic heterocycles. The second kappa shape index (κ2) is 8.02. The molecule has 2 aromatic carbocycles. The second-order valence-electron chi connectivity index (χ2n) is 5.83. The fourth-order valence-corrected chi connectivity index (χ4v) is 2.78. The minimum Gasteiger partial charge on any atom is -0.384 e. The zero-order chi connectivity index (χ0) is 17.5. The Balaban J connectivity index is 1.40. The molecular weight excluding hydrogens is 312 g/mol. The number of hydrogen-bond donors (Lipinski definition) is 3. The van der Waals surface area contributed by atoms with E-state index in [1.54, 1.807) is 12.1 Å². The molecule has 0 unspecified atom stereocenters. The van der Waals surface area contributed by atoms with E-state index in [1.165, 1.54) is 10.9 Å². The van der Waals surface area contributed by atoms with Crippen LogP contribution in [0.2, 0.25) is 0 Å². The van der Waals surface area contributed by atoms with Gasteiger partial charge in [-0.3, -0.25) is 4.79 Å². The molecule has 0 aliphatic carbocycles. The molecule has 1 heterocycles. The molecule has 25 heavy (non-hydrogen) atoms. The molecular formula is C20H20N4O. The zero-order valence-corrected chi connectivity index (χ0v) is 13.9. The van der Waals surface area contributed by atoms with Gasteiger partial charge in [0.1, 0.15) is 0 Å². The average molecular weight is 332 g/mol. The summed E-state index contributed by atoms with van der Waals surface area (Å²) in [6.07, 6.45) is 3.19. The predicted octanol–water partition coefficient (Wildman–Crippen LogP) is 3.20. The third-order valence-corrected chi connectivity index (χ3v) is 4.06. The van der Waals surface area contributed by atoms with Crippen LogP contribution >= 0.6 is 0 Å². The van der Waals surface area contributed by atoms with Crippen molar-refractivity contribution in [3.63, 3.8) is 0 Å². The number of fused-ring (bicyclic) bond motifs is 1. The number of carbonyl (C=O) groups is 1. The first kappa shape index (κ1) is 16.6. The highest BCUT2D eigenvalue weighted by molar-refractivity contribution is 5.83. The number of H-pyrrole nitrogens is 1. The first-order valence-corrected chi connectivity index (χ1v) is 8.32. The Kier molecular flexibility index (Phi) is 5.32. The van der Waals surface area contributed by atoms with Crippen LogP contribution in [-0.2, 0) is 11.2 Å². The smallest absolute Gasteiger partial charge is 0.221 e. The minimum atomic E-state index is 0.0174. The summed E-state index contributed by atoms with van der Waals surface area (Å²) in [6, 6.07) is 17.5. The van der Waals surface area contributed by atoms with E-state index in [-0.39, 0.29) is 5.91 Å². The van der Waals surface area contributed by atoms with Gasteiger partial charge in [0.2, 0.25) is 5.91 Å². The maximum Gasteiger partial charge on any atom is 0.221 e. The fraction of sp³-hybridized carbons (Fsp3) is 0.200. The first-order valence-electron chi connectivity index (χ1n) is 8.32. The van der Waals surface area contributed by atoms with Crippen molar-refractivity contribution >= 4 is 22.5 Å². The van der Waals surface area contributed by atoms with Crippen molar-refractivity contribution in [2.24, 2.45) is 0 Å². The number of nitrogens with one attached hydrogen (secondary N) is 3. The van der Waals surface area contributed by atoms with Crippen molar-refractivity contribution in [3.8, 4) is 6.07 Å². The number of nitrogens with zero attached hydrogens (tertiary/aromatic N) is 1. The number of rotatable bonds is 7. The van der Waals surface area contributed by atoms with E-state index in [9.17, 15) is 4.79 Å². The van der Waals surface area contributed by atoms with Gasteiger partial charge in [-0.25, -0.2) is 0 Å². The Labute approximate surface area is 146 Å². The monoisotopic (exact) mass is 332 g/mol. The van der Waals surface area contributed by atoms with Gasteiger partial charge in [0.25, 0.3) is 0 Å². The number of aromatic amines is 1. The lowest BCUT2D eigenvalue weighted by molar-refractivity contribution is -0.120. The van der Waals surface area contributed by atoms with E-state index in [2.05, 4.69) is 27.8 Å². The van der Waals surface area contributed by atoms with Crippen molar-refractivity contribution in [2.75, 3.05) is 18.4 Å². The van der Waals surface area contributed by atoms with Crippen LogP contribution in [0.25, 0.3) is 10.9 Å². The van der Waals surface area contributed by atoms with Gasteiger partial charge in [0, 0.05) is 42.3 Å². The number of nitriles is 1. The molecule has 3 aromatic rings. The molecule has 0 saturated heterocycles. The number of aromatic nitrogens is 1. The molecule has 3 N–H and O–H groups in total. The molecule has 0 aliphatic rings. The van der Waals surface area contributed by atoms with Gasteiger partial charge < -0.3 is 15.6 Å². The maximum absolute atomic E-state index is 11.9. The molecule has 0 aliphatic heterocycles. The molecule has 0 radical (unpaired) electrons. The Bertz CT molecular complexity index is 907. The van der Waals surface area contributed by atoms with Crippen LogP contribution in [0, 0.1) is 11.3 Å². The normalized spacial score (nSPS) is 10.4. The van der Waals surface area contributed by atoms with Crippen LogP contribution in [-0.4, -0.2) is 24.0 Å². The maximum atomic E-state index is 11.9. The summed E-state index contributed by atoms with van der Waals surface area (Å²) in [4.78, 5) is 15.2. The molecule has 0 saturated carbocycles. The van der Waals surface area contributed by atoms with Gasteiger partial charge in [0.05, 0.1) is 11.6 Å². The van der Waals surface area contributed by atoms with Crippen molar-refractivity contribution in [1.82, 2.24) is 10.3 Å².